The fourth-order valence-corrected chi connectivity index (χ4v) is 3.52. The Kier molecular flexibility index (Phi) is 4.41. The van der Waals surface area contributed by atoms with Gasteiger partial charge < -0.3 is 10.2 Å². The van der Waals surface area contributed by atoms with Crippen LogP contribution in [0.2, 0.25) is 0 Å². The zero-order valence-corrected chi connectivity index (χ0v) is 11.4. The maximum Gasteiger partial charge on any atom is 0.211 e. The number of piperazine rings is 1. The lowest BCUT2D eigenvalue weighted by Gasteiger charge is -2.36. The van der Waals surface area contributed by atoms with Gasteiger partial charge in [0.15, 0.2) is 0 Å². The lowest BCUT2D eigenvalue weighted by atomic mass is 9.99. The van der Waals surface area contributed by atoms with Gasteiger partial charge in [0.2, 0.25) is 10.0 Å². The van der Waals surface area contributed by atoms with Crippen molar-refractivity contribution in [3.63, 3.8) is 0 Å². The molecular formula is C11H23N3O2S. The fourth-order valence-electron chi connectivity index (χ4n) is 2.69. The Balaban J connectivity index is 1.75. The van der Waals surface area contributed by atoms with E-state index in [4.69, 9.17) is 0 Å². The molecule has 0 aromatic rings. The standard InChI is InChI=1S/C11H23N3O2S/c1-17(15,16)14-7-5-13(6-8-14)10-11-3-2-4-12-9-11/h11-12H,2-10H2,1H3. The fraction of sp³-hybridized carbons (Fsp3) is 1.00. The van der Waals surface area contributed by atoms with E-state index in [1.54, 1.807) is 4.31 Å². The lowest BCUT2D eigenvalue weighted by molar-refractivity contribution is 0.154. The molecule has 1 atom stereocenters. The first-order valence-electron chi connectivity index (χ1n) is 6.44. The van der Waals surface area contributed by atoms with Crippen LogP contribution in [0.15, 0.2) is 0 Å². The molecule has 2 heterocycles. The molecule has 17 heavy (non-hydrogen) atoms. The molecule has 0 radical (unpaired) electrons. The van der Waals surface area contributed by atoms with Gasteiger partial charge in [-0.25, -0.2) is 8.42 Å². The second-order valence-electron chi connectivity index (χ2n) is 5.18. The zero-order chi connectivity index (χ0) is 12.3. The summed E-state index contributed by atoms with van der Waals surface area (Å²) in [4.78, 5) is 2.40. The van der Waals surface area contributed by atoms with E-state index in [-0.39, 0.29) is 0 Å². The van der Waals surface area contributed by atoms with Crippen molar-refractivity contribution in [1.82, 2.24) is 14.5 Å². The second-order valence-corrected chi connectivity index (χ2v) is 7.16. The first-order valence-corrected chi connectivity index (χ1v) is 8.29. The van der Waals surface area contributed by atoms with Gasteiger partial charge in [-0.05, 0) is 31.8 Å². The van der Waals surface area contributed by atoms with Crippen LogP contribution in [0.3, 0.4) is 0 Å². The highest BCUT2D eigenvalue weighted by Gasteiger charge is 2.25. The minimum Gasteiger partial charge on any atom is -0.316 e. The predicted molar refractivity (Wildman–Crippen MR) is 68.5 cm³/mol. The van der Waals surface area contributed by atoms with Crippen molar-refractivity contribution < 1.29 is 8.42 Å². The van der Waals surface area contributed by atoms with Crippen LogP contribution >= 0.6 is 0 Å². The van der Waals surface area contributed by atoms with Gasteiger partial charge in [-0.2, -0.15) is 4.31 Å². The van der Waals surface area contributed by atoms with Crippen molar-refractivity contribution >= 4 is 10.0 Å². The van der Waals surface area contributed by atoms with Crippen molar-refractivity contribution in [3.05, 3.63) is 0 Å². The summed E-state index contributed by atoms with van der Waals surface area (Å²) in [5.74, 6) is 0.744. The van der Waals surface area contributed by atoms with Crippen molar-refractivity contribution in [2.45, 2.75) is 12.8 Å². The Hall–Kier alpha value is -0.170. The molecule has 1 N–H and O–H groups in total. The summed E-state index contributed by atoms with van der Waals surface area (Å²) in [5, 5.41) is 3.42. The molecule has 2 aliphatic heterocycles. The Morgan fingerprint density at radius 1 is 1.24 bits per heavy atom. The van der Waals surface area contributed by atoms with Crippen molar-refractivity contribution in [1.29, 1.82) is 0 Å². The maximum absolute atomic E-state index is 11.4. The van der Waals surface area contributed by atoms with Gasteiger partial charge >= 0.3 is 0 Å². The molecule has 2 fully saturated rings. The molecule has 2 aliphatic rings. The monoisotopic (exact) mass is 261 g/mol. The van der Waals surface area contributed by atoms with E-state index >= 15 is 0 Å². The molecule has 1 unspecified atom stereocenters. The van der Waals surface area contributed by atoms with Crippen molar-refractivity contribution in [2.75, 3.05) is 52.1 Å². The van der Waals surface area contributed by atoms with E-state index in [1.807, 2.05) is 0 Å². The van der Waals surface area contributed by atoms with E-state index in [1.165, 1.54) is 19.1 Å². The molecular weight excluding hydrogens is 238 g/mol. The highest BCUT2D eigenvalue weighted by Crippen LogP contribution is 2.14. The SMILES string of the molecule is CS(=O)(=O)N1CCN(CC2CCCNC2)CC1. The third-order valence-corrected chi connectivity index (χ3v) is 5.02. The van der Waals surface area contributed by atoms with Gasteiger partial charge in [0, 0.05) is 32.7 Å². The van der Waals surface area contributed by atoms with Gasteiger partial charge in [-0.1, -0.05) is 0 Å². The molecule has 100 valence electrons. The van der Waals surface area contributed by atoms with E-state index < -0.39 is 10.0 Å². The molecule has 0 amide bonds. The highest BCUT2D eigenvalue weighted by molar-refractivity contribution is 7.88. The lowest BCUT2D eigenvalue weighted by Crippen LogP contribution is -2.50. The summed E-state index contributed by atoms with van der Waals surface area (Å²) >= 11 is 0. The summed E-state index contributed by atoms with van der Waals surface area (Å²) in [7, 11) is -2.99. The largest absolute Gasteiger partial charge is 0.316 e. The molecule has 0 bridgehead atoms. The van der Waals surface area contributed by atoms with Crippen LogP contribution in [0.1, 0.15) is 12.8 Å². The van der Waals surface area contributed by atoms with Crippen LogP contribution in [-0.4, -0.2) is 69.7 Å². The zero-order valence-electron chi connectivity index (χ0n) is 10.6. The molecule has 2 rings (SSSR count). The quantitative estimate of drug-likeness (QED) is 0.748. The molecule has 6 heteroatoms. The third kappa shape index (κ3) is 3.91. The topological polar surface area (TPSA) is 52.7 Å². The van der Waals surface area contributed by atoms with Gasteiger partial charge in [-0.15, -0.1) is 0 Å². The average Bonchev–Trinajstić information content (AvgIpc) is 2.30. The number of piperidine rings is 1. The Morgan fingerprint density at radius 2 is 1.94 bits per heavy atom. The van der Waals surface area contributed by atoms with Crippen molar-refractivity contribution in [3.8, 4) is 0 Å². The summed E-state index contributed by atoms with van der Waals surface area (Å²) in [6, 6.07) is 0. The average molecular weight is 261 g/mol. The number of hydrogen-bond acceptors (Lipinski definition) is 4. The Morgan fingerprint density at radius 3 is 2.47 bits per heavy atom. The predicted octanol–water partition coefficient (Wildman–Crippen LogP) is -0.437. The normalized spacial score (nSPS) is 29.4. The van der Waals surface area contributed by atoms with E-state index in [0.717, 1.165) is 38.6 Å². The molecule has 0 aromatic carbocycles. The highest BCUT2D eigenvalue weighted by atomic mass is 32.2. The van der Waals surface area contributed by atoms with Crippen LogP contribution in [0.25, 0.3) is 0 Å². The van der Waals surface area contributed by atoms with Crippen LogP contribution in [0.4, 0.5) is 0 Å². The minimum atomic E-state index is -2.99. The number of sulfonamides is 1. The second kappa shape index (κ2) is 5.65. The third-order valence-electron chi connectivity index (χ3n) is 3.72. The molecule has 5 nitrogen and oxygen atoms in total. The van der Waals surface area contributed by atoms with Gasteiger partial charge in [0.25, 0.3) is 0 Å². The van der Waals surface area contributed by atoms with Gasteiger partial charge in [0.05, 0.1) is 6.26 Å². The number of nitrogens with zero attached hydrogens (tertiary/aromatic N) is 2. The first kappa shape index (κ1) is 13.3. The van der Waals surface area contributed by atoms with Crippen LogP contribution in [0.5, 0.6) is 0 Å². The molecule has 0 spiro atoms. The van der Waals surface area contributed by atoms with Crippen LogP contribution in [0, 0.1) is 5.92 Å². The minimum absolute atomic E-state index is 0.652. The number of hydrogen-bond donors (Lipinski definition) is 1. The molecule has 0 aromatic heterocycles. The number of nitrogens with one attached hydrogen (secondary N) is 1. The Labute approximate surface area is 104 Å². The van der Waals surface area contributed by atoms with Crippen LogP contribution < -0.4 is 5.32 Å². The van der Waals surface area contributed by atoms with E-state index in [9.17, 15) is 8.42 Å². The summed E-state index contributed by atoms with van der Waals surface area (Å²) in [5.41, 5.74) is 0. The van der Waals surface area contributed by atoms with Crippen molar-refractivity contribution in [2.24, 2.45) is 5.92 Å². The maximum atomic E-state index is 11.4. The Bertz CT molecular complexity index is 331. The molecule has 0 aliphatic carbocycles. The summed E-state index contributed by atoms with van der Waals surface area (Å²) in [6.45, 7) is 6.44. The first-order chi connectivity index (χ1) is 8.05. The molecule has 0 saturated carbocycles. The van der Waals surface area contributed by atoms with Gasteiger partial charge in [0.1, 0.15) is 0 Å². The smallest absolute Gasteiger partial charge is 0.211 e. The summed E-state index contributed by atoms with van der Waals surface area (Å²) in [6.07, 6.45) is 3.88. The van der Waals surface area contributed by atoms with E-state index in [2.05, 4.69) is 10.2 Å². The van der Waals surface area contributed by atoms with Crippen LogP contribution in [-0.2, 0) is 10.0 Å². The van der Waals surface area contributed by atoms with E-state index in [0.29, 0.717) is 13.1 Å². The number of rotatable bonds is 3. The summed E-state index contributed by atoms with van der Waals surface area (Å²) < 4.78 is 24.3. The van der Waals surface area contributed by atoms with Gasteiger partial charge in [-0.3, -0.25) is 0 Å². The molecule has 2 saturated heterocycles.